The van der Waals surface area contributed by atoms with Crippen LogP contribution in [0, 0.1) is 5.41 Å². The third-order valence-corrected chi connectivity index (χ3v) is 5.60. The molecule has 1 fully saturated rings. The zero-order chi connectivity index (χ0) is 20.2. The molecule has 0 bridgehead atoms. The van der Waals surface area contributed by atoms with Crippen molar-refractivity contribution in [1.82, 2.24) is 10.3 Å². The smallest absolute Gasteiger partial charge is 0.0505 e. The van der Waals surface area contributed by atoms with Gasteiger partial charge in [0.25, 0.3) is 0 Å². The van der Waals surface area contributed by atoms with Crippen molar-refractivity contribution in [2.75, 3.05) is 0 Å². The summed E-state index contributed by atoms with van der Waals surface area (Å²) in [5, 5.41) is 26.3. The van der Waals surface area contributed by atoms with Crippen molar-refractivity contribution in [2.24, 2.45) is 5.73 Å². The van der Waals surface area contributed by atoms with E-state index in [9.17, 15) is 5.11 Å². The predicted octanol–water partition coefficient (Wildman–Crippen LogP) is 3.30. The first kappa shape index (κ1) is 19.2. The van der Waals surface area contributed by atoms with E-state index in [1.807, 2.05) is 54.6 Å². The standard InChI is InChI=1S/C24H26N4O/c25-20-7-9-21(10-8-20)28-23(17-11-13-27-14-12-17)22(24(26)29)19-6-5-16-3-1-2-4-18(16)15-19/h1-6,11-15,20-21,28H,7-10,25H2,(H2,26,29)/p-1/b23-22-. The highest BCUT2D eigenvalue weighted by molar-refractivity contribution is 6.24. The van der Waals surface area contributed by atoms with Gasteiger partial charge in [-0.1, -0.05) is 36.4 Å². The van der Waals surface area contributed by atoms with Crippen LogP contribution in [0.4, 0.5) is 0 Å². The first-order valence-corrected chi connectivity index (χ1v) is 10.0. The highest BCUT2D eigenvalue weighted by Gasteiger charge is 2.21. The SMILES string of the molecule is N=C([O-])/C(=C(\NC1CCC(N)CC1)c1ccncc1)c1ccc2ccccc2c1. The maximum Gasteiger partial charge on any atom is 0.0505 e. The van der Waals surface area contributed by atoms with Crippen LogP contribution in [0.15, 0.2) is 67.0 Å². The summed E-state index contributed by atoms with van der Waals surface area (Å²) in [7, 11) is 0. The minimum Gasteiger partial charge on any atom is -0.859 e. The zero-order valence-corrected chi connectivity index (χ0v) is 16.3. The van der Waals surface area contributed by atoms with Gasteiger partial charge in [0, 0.05) is 35.6 Å². The summed E-state index contributed by atoms with van der Waals surface area (Å²) in [5.74, 6) is -0.702. The van der Waals surface area contributed by atoms with Gasteiger partial charge in [-0.3, -0.25) is 4.98 Å². The second-order valence-corrected chi connectivity index (χ2v) is 7.63. The Hall–Kier alpha value is -3.18. The van der Waals surface area contributed by atoms with E-state index in [0.29, 0.717) is 11.3 Å². The number of nitrogens with one attached hydrogen (secondary N) is 2. The number of aromatic nitrogens is 1. The number of nitrogens with zero attached hydrogens (tertiary/aromatic N) is 1. The van der Waals surface area contributed by atoms with E-state index >= 15 is 0 Å². The largest absolute Gasteiger partial charge is 0.859 e. The number of fused-ring (bicyclic) bond motifs is 1. The Bertz CT molecular complexity index is 1040. The first-order chi connectivity index (χ1) is 14.1. The van der Waals surface area contributed by atoms with Crippen molar-refractivity contribution >= 4 is 27.9 Å². The molecular weight excluding hydrogens is 360 g/mol. The van der Waals surface area contributed by atoms with Crippen molar-refractivity contribution in [3.8, 4) is 0 Å². The van der Waals surface area contributed by atoms with Gasteiger partial charge < -0.3 is 21.6 Å². The van der Waals surface area contributed by atoms with Crippen LogP contribution in [0.25, 0.3) is 22.0 Å². The summed E-state index contributed by atoms with van der Waals surface area (Å²) < 4.78 is 0. The van der Waals surface area contributed by atoms with Crippen molar-refractivity contribution in [1.29, 1.82) is 5.41 Å². The lowest BCUT2D eigenvalue weighted by Crippen LogP contribution is -2.37. The number of hydrogen-bond acceptors (Lipinski definition) is 5. The summed E-state index contributed by atoms with van der Waals surface area (Å²) in [5.41, 5.74) is 8.75. The normalized spacial score (nSPS) is 20.2. The molecule has 1 aliphatic rings. The molecule has 29 heavy (non-hydrogen) atoms. The molecule has 0 aliphatic heterocycles. The summed E-state index contributed by atoms with van der Waals surface area (Å²) in [6.07, 6.45) is 7.24. The monoisotopic (exact) mass is 385 g/mol. The Morgan fingerprint density at radius 2 is 1.62 bits per heavy atom. The van der Waals surface area contributed by atoms with Gasteiger partial charge in [0.1, 0.15) is 0 Å². The molecule has 0 radical (unpaired) electrons. The fraction of sp³-hybridized carbons (Fsp3) is 0.250. The van der Waals surface area contributed by atoms with E-state index in [-0.39, 0.29) is 12.1 Å². The summed E-state index contributed by atoms with van der Waals surface area (Å²) in [4.78, 5) is 4.10. The summed E-state index contributed by atoms with van der Waals surface area (Å²) >= 11 is 0. The molecule has 3 aromatic rings. The molecular formula is C24H25N4O-. The fourth-order valence-corrected chi connectivity index (χ4v) is 4.02. The molecule has 148 valence electrons. The van der Waals surface area contributed by atoms with Crippen LogP contribution < -0.4 is 16.2 Å². The van der Waals surface area contributed by atoms with Crippen LogP contribution in [-0.4, -0.2) is 23.0 Å². The molecule has 5 nitrogen and oxygen atoms in total. The Labute approximate surface area is 170 Å². The number of hydrogen-bond donors (Lipinski definition) is 3. The van der Waals surface area contributed by atoms with Gasteiger partial charge in [-0.15, -0.1) is 0 Å². The maximum absolute atomic E-state index is 12.5. The number of benzene rings is 2. The van der Waals surface area contributed by atoms with Crippen LogP contribution >= 0.6 is 0 Å². The second kappa shape index (κ2) is 8.45. The van der Waals surface area contributed by atoms with Crippen molar-refractivity contribution < 1.29 is 5.11 Å². The lowest BCUT2D eigenvalue weighted by atomic mass is 9.90. The average molecular weight is 385 g/mol. The van der Waals surface area contributed by atoms with E-state index in [0.717, 1.165) is 47.6 Å². The summed E-state index contributed by atoms with van der Waals surface area (Å²) in [6.45, 7) is 0. The lowest BCUT2D eigenvalue weighted by Gasteiger charge is -2.31. The maximum atomic E-state index is 12.5. The molecule has 4 rings (SSSR count). The molecule has 0 atom stereocenters. The van der Waals surface area contributed by atoms with E-state index in [2.05, 4.69) is 10.3 Å². The molecule has 5 heteroatoms. The van der Waals surface area contributed by atoms with Crippen molar-refractivity contribution in [3.63, 3.8) is 0 Å². The predicted molar refractivity (Wildman–Crippen MR) is 116 cm³/mol. The third kappa shape index (κ3) is 4.30. The molecule has 2 aromatic carbocycles. The number of rotatable bonds is 5. The van der Waals surface area contributed by atoms with E-state index in [4.69, 9.17) is 11.1 Å². The van der Waals surface area contributed by atoms with Gasteiger partial charge in [-0.25, -0.2) is 0 Å². The van der Waals surface area contributed by atoms with E-state index in [1.165, 1.54) is 0 Å². The van der Waals surface area contributed by atoms with Crippen LogP contribution in [0.5, 0.6) is 0 Å². The quantitative estimate of drug-likeness (QED) is 0.464. The fourth-order valence-electron chi connectivity index (χ4n) is 4.02. The molecule has 1 aromatic heterocycles. The van der Waals surface area contributed by atoms with Crippen LogP contribution in [0.2, 0.25) is 0 Å². The van der Waals surface area contributed by atoms with Crippen molar-refractivity contribution in [2.45, 2.75) is 37.8 Å². The van der Waals surface area contributed by atoms with Crippen molar-refractivity contribution in [3.05, 3.63) is 78.1 Å². The van der Waals surface area contributed by atoms with Gasteiger partial charge in [0.2, 0.25) is 0 Å². The second-order valence-electron chi connectivity index (χ2n) is 7.63. The molecule has 0 saturated heterocycles. The molecule has 1 saturated carbocycles. The molecule has 4 N–H and O–H groups in total. The molecule has 0 amide bonds. The van der Waals surface area contributed by atoms with Gasteiger partial charge >= 0.3 is 0 Å². The molecule has 1 heterocycles. The minimum atomic E-state index is -0.702. The van der Waals surface area contributed by atoms with Crippen LogP contribution in [0.1, 0.15) is 36.8 Å². The molecule has 1 aliphatic carbocycles. The lowest BCUT2D eigenvalue weighted by molar-refractivity contribution is -0.212. The number of nitrogens with two attached hydrogens (primary N) is 1. The van der Waals surface area contributed by atoms with Crippen LogP contribution in [-0.2, 0) is 0 Å². The highest BCUT2D eigenvalue weighted by atomic mass is 16.3. The van der Waals surface area contributed by atoms with E-state index in [1.54, 1.807) is 12.4 Å². The Morgan fingerprint density at radius 3 is 2.31 bits per heavy atom. The molecule has 0 spiro atoms. The Balaban J connectivity index is 1.83. The van der Waals surface area contributed by atoms with Gasteiger partial charge in [0.05, 0.1) is 5.70 Å². The number of pyridine rings is 1. The Kier molecular flexibility index (Phi) is 5.58. The zero-order valence-electron chi connectivity index (χ0n) is 16.3. The van der Waals surface area contributed by atoms with Gasteiger partial charge in [-0.05, 0) is 66.1 Å². The molecule has 0 unspecified atom stereocenters. The average Bonchev–Trinajstić information content (AvgIpc) is 2.75. The van der Waals surface area contributed by atoms with E-state index < -0.39 is 5.90 Å². The van der Waals surface area contributed by atoms with Crippen LogP contribution in [0.3, 0.4) is 0 Å². The first-order valence-electron chi connectivity index (χ1n) is 10.0. The van der Waals surface area contributed by atoms with Gasteiger partial charge in [0.15, 0.2) is 0 Å². The Morgan fingerprint density at radius 1 is 0.931 bits per heavy atom. The highest BCUT2D eigenvalue weighted by Crippen LogP contribution is 2.29. The van der Waals surface area contributed by atoms with Gasteiger partial charge in [-0.2, -0.15) is 0 Å². The topological polar surface area (TPSA) is 97.8 Å². The summed E-state index contributed by atoms with van der Waals surface area (Å²) in [6, 6.07) is 18.2. The minimum absolute atomic E-state index is 0.229. The third-order valence-electron chi connectivity index (χ3n) is 5.60.